The van der Waals surface area contributed by atoms with Crippen molar-refractivity contribution in [1.29, 1.82) is 0 Å². The second-order valence-corrected chi connectivity index (χ2v) is 11.0. The second kappa shape index (κ2) is 18.0. The van der Waals surface area contributed by atoms with Gasteiger partial charge in [0.25, 0.3) is 0 Å². The third-order valence-electron chi connectivity index (χ3n) is 3.44. The quantitative estimate of drug-likeness (QED) is 0.220. The number of carboxylic acids is 3. The van der Waals surface area contributed by atoms with E-state index in [1.54, 1.807) is 0 Å². The van der Waals surface area contributed by atoms with Gasteiger partial charge in [0.15, 0.2) is 0 Å². The molecule has 0 heterocycles. The minimum Gasteiger partial charge on any atom is -0.848 e. The molecule has 0 spiro atoms. The summed E-state index contributed by atoms with van der Waals surface area (Å²) < 4.78 is 1.46. The smallest absolute Gasteiger partial charge is 0.848 e. The molecule has 0 aromatic rings. The van der Waals surface area contributed by atoms with Crippen LogP contribution in [-0.4, -0.2) is 133 Å². The van der Waals surface area contributed by atoms with E-state index in [-0.39, 0.29) is 17.4 Å². The maximum atomic E-state index is 10.9. The molecule has 34 heavy (non-hydrogen) atoms. The first-order chi connectivity index (χ1) is 14.4. The van der Waals surface area contributed by atoms with Crippen LogP contribution in [0.5, 0.6) is 0 Å². The van der Waals surface area contributed by atoms with Gasteiger partial charge in [0.05, 0.1) is 83.1 Å². The summed E-state index contributed by atoms with van der Waals surface area (Å²) in [6.45, 7) is 0.940. The van der Waals surface area contributed by atoms with Crippen LogP contribution in [0.4, 0.5) is 0 Å². The molecule has 0 aromatic heterocycles. The molecule has 0 N–H and O–H groups in total. The van der Waals surface area contributed by atoms with E-state index in [1.807, 2.05) is 63.4 Å². The monoisotopic (exact) mass is 532 g/mol. The molecule has 0 aliphatic heterocycles. The van der Waals surface area contributed by atoms with Crippen molar-refractivity contribution in [2.24, 2.45) is 0 Å². The first kappa shape index (κ1) is 39.9. The molecule has 0 bridgehead atoms. The first-order valence-electron chi connectivity index (χ1n) is 10.4. The average Bonchev–Trinajstić information content (AvgIpc) is 2.38. The van der Waals surface area contributed by atoms with Crippen LogP contribution in [0.1, 0.15) is 19.3 Å². The molecule has 3 unspecified atom stereocenters. The van der Waals surface area contributed by atoms with Crippen molar-refractivity contribution in [2.75, 3.05) is 83.1 Å². The summed E-state index contributed by atoms with van der Waals surface area (Å²) in [5.41, 5.74) is 0. The fourth-order valence-electron chi connectivity index (χ4n) is 2.58. The summed E-state index contributed by atoms with van der Waals surface area (Å²) in [6, 6.07) is 0. The average molecular weight is 533 g/mol. The van der Waals surface area contributed by atoms with E-state index in [0.29, 0.717) is 33.1 Å². The Morgan fingerprint density at radius 1 is 0.500 bits per heavy atom. The largest absolute Gasteiger partial charge is 3.00 e. The van der Waals surface area contributed by atoms with Gasteiger partial charge in [-0.25, -0.2) is 0 Å². The third-order valence-corrected chi connectivity index (χ3v) is 3.44. The molecule has 0 amide bonds. The predicted molar refractivity (Wildman–Crippen MR) is 109 cm³/mol. The van der Waals surface area contributed by atoms with Crippen LogP contribution in [0.2, 0.25) is 0 Å². The van der Waals surface area contributed by atoms with Crippen LogP contribution in [0, 0.1) is 0 Å². The number of hydrogen-bond acceptors (Lipinski definition) is 9. The summed E-state index contributed by atoms with van der Waals surface area (Å²) in [5.74, 6) is -3.80. The fraction of sp³-hybridized carbons (Fsp3) is 0.857. The van der Waals surface area contributed by atoms with Crippen LogP contribution in [0.25, 0.3) is 0 Å². The molecule has 1 radical (unpaired) electrons. The summed E-state index contributed by atoms with van der Waals surface area (Å²) in [4.78, 5) is 29.9. The van der Waals surface area contributed by atoms with Crippen molar-refractivity contribution in [1.82, 2.24) is 0 Å². The molecule has 0 aliphatic carbocycles. The van der Waals surface area contributed by atoms with Crippen molar-refractivity contribution in [3.05, 3.63) is 0 Å². The Hall–Kier alpha value is -1.30. The van der Waals surface area contributed by atoms with Crippen LogP contribution in [-0.2, 0) is 31.7 Å². The van der Waals surface area contributed by atoms with E-state index in [0.717, 1.165) is 0 Å². The Labute approximate surface area is 214 Å². The second-order valence-electron chi connectivity index (χ2n) is 11.0. The normalized spacial score (nSPS) is 14.1. The van der Waals surface area contributed by atoms with Crippen LogP contribution >= 0.6 is 0 Å². The summed E-state index contributed by atoms with van der Waals surface area (Å²) in [5, 5.41) is 62.7. The van der Waals surface area contributed by atoms with Gasteiger partial charge in [0, 0.05) is 17.9 Å². The van der Waals surface area contributed by atoms with E-state index in [4.69, 9.17) is 0 Å². The van der Waals surface area contributed by atoms with E-state index < -0.39 is 55.5 Å². The maximum Gasteiger partial charge on any atom is 3.00 e. The zero-order valence-electron chi connectivity index (χ0n) is 21.9. The molecule has 0 saturated heterocycles. The molecule has 0 saturated carbocycles. The van der Waals surface area contributed by atoms with E-state index >= 15 is 0 Å². The molecule has 201 valence electrons. The van der Waals surface area contributed by atoms with Crippen molar-refractivity contribution in [3.63, 3.8) is 0 Å². The molecule has 0 aromatic carbocycles. The number of nitrogens with zero attached hydrogens (tertiary/aromatic N) is 3. The Morgan fingerprint density at radius 2 is 0.647 bits per heavy atom. The van der Waals surface area contributed by atoms with Gasteiger partial charge in [-0.15, -0.1) is 0 Å². The number of carbonyl (C=O) groups is 3. The van der Waals surface area contributed by atoms with Crippen LogP contribution in [0.15, 0.2) is 0 Å². The number of rotatable bonds is 12. The Balaban J connectivity index is -0.000000196. The van der Waals surface area contributed by atoms with E-state index in [1.165, 1.54) is 0 Å². The molecular formula is C21H42CrN3O9. The molecule has 0 fully saturated rings. The zero-order chi connectivity index (χ0) is 27.2. The summed E-state index contributed by atoms with van der Waals surface area (Å²) >= 11 is 0. The number of carboxylic acid groups (broad SMARTS) is 3. The third kappa shape index (κ3) is 41.0. The molecular weight excluding hydrogens is 490 g/mol. The van der Waals surface area contributed by atoms with Gasteiger partial charge in [0.2, 0.25) is 0 Å². The Kier molecular flexibility index (Phi) is 21.2. The van der Waals surface area contributed by atoms with Gasteiger partial charge < -0.3 is 58.5 Å². The van der Waals surface area contributed by atoms with Crippen molar-refractivity contribution < 1.29 is 75.8 Å². The van der Waals surface area contributed by atoms with Crippen molar-refractivity contribution in [2.45, 2.75) is 37.6 Å². The first-order valence-corrected chi connectivity index (χ1v) is 10.4. The number of likely N-dealkylation sites (N-methyl/N-ethyl adjacent to an activating group) is 3. The van der Waals surface area contributed by atoms with Gasteiger partial charge in [-0.3, -0.25) is 0 Å². The SMILES string of the molecule is C[N+](C)(C)CC([O-])CC(=O)[O-].C[N+](C)(C)CC([O-])CC(=O)[O-].C[N+](C)(C)CC([O-])CC(=O)[O-].[Cr+3]. The minimum absolute atomic E-state index is 0. The minimum atomic E-state index is -1.27. The topological polar surface area (TPSA) is 190 Å². The predicted octanol–water partition coefficient (Wildman–Crippen LogP) is -7.32. The van der Waals surface area contributed by atoms with Gasteiger partial charge in [-0.1, -0.05) is 18.3 Å². The van der Waals surface area contributed by atoms with Crippen molar-refractivity contribution >= 4 is 17.9 Å². The van der Waals surface area contributed by atoms with Gasteiger partial charge in [-0.2, -0.15) is 0 Å². The van der Waals surface area contributed by atoms with Crippen LogP contribution < -0.4 is 30.6 Å². The molecule has 12 nitrogen and oxygen atoms in total. The molecule has 13 heteroatoms. The van der Waals surface area contributed by atoms with E-state index in [9.17, 15) is 45.0 Å². The van der Waals surface area contributed by atoms with Gasteiger partial charge >= 0.3 is 17.4 Å². The zero-order valence-corrected chi connectivity index (χ0v) is 23.2. The summed E-state index contributed by atoms with van der Waals surface area (Å²) in [7, 11) is 16.6. The van der Waals surface area contributed by atoms with Crippen molar-refractivity contribution in [3.8, 4) is 0 Å². The Bertz CT molecular complexity index is 505. The number of carbonyl (C=O) groups excluding carboxylic acids is 3. The Morgan fingerprint density at radius 3 is 0.735 bits per heavy atom. The number of hydrogen-bond donors (Lipinski definition) is 0. The number of aliphatic carboxylic acids is 3. The van der Waals surface area contributed by atoms with Gasteiger partial charge in [-0.05, 0) is 19.3 Å². The summed E-state index contributed by atoms with van der Waals surface area (Å²) in [6.07, 6.45) is -4.35. The molecule has 3 atom stereocenters. The standard InChI is InChI=1S/3C7H15NO3.Cr/c3*1-8(2,3)5-6(9)4-7(10)11;/h3*6H,4-5H2,1-3H3,(H,10,11);/q;;;+3/p-3. The maximum absolute atomic E-state index is 10.9. The van der Waals surface area contributed by atoms with Gasteiger partial charge in [0.1, 0.15) is 0 Å². The number of quaternary nitrogens is 3. The molecule has 0 rings (SSSR count). The van der Waals surface area contributed by atoms with E-state index in [2.05, 4.69) is 0 Å². The molecule has 0 aliphatic rings. The fourth-order valence-corrected chi connectivity index (χ4v) is 2.58. The van der Waals surface area contributed by atoms with Crippen LogP contribution in [0.3, 0.4) is 0 Å².